The summed E-state index contributed by atoms with van der Waals surface area (Å²) in [4.78, 5) is 12.6. The van der Waals surface area contributed by atoms with E-state index in [9.17, 15) is 22.8 Å². The summed E-state index contributed by atoms with van der Waals surface area (Å²) in [5.74, 6) is -1.61. The molecule has 8 nitrogen and oxygen atoms in total. The predicted molar refractivity (Wildman–Crippen MR) is 168 cm³/mol. The van der Waals surface area contributed by atoms with Gasteiger partial charge in [0, 0.05) is 23.9 Å². The molecule has 15 heteroatoms. The number of rotatable bonds is 5. The summed E-state index contributed by atoms with van der Waals surface area (Å²) in [6, 6.07) is 2.40. The summed E-state index contributed by atoms with van der Waals surface area (Å²) in [5.41, 5.74) is 5.02. The molecule has 3 saturated heterocycles. The van der Waals surface area contributed by atoms with Gasteiger partial charge in [0.2, 0.25) is 0 Å². The molecule has 2 aromatic heterocycles. The number of hydrogen-bond donors (Lipinski definition) is 1. The van der Waals surface area contributed by atoms with Crippen LogP contribution in [0.25, 0.3) is 32.1 Å². The maximum atomic E-state index is 17.1. The number of thiophene rings is 1. The molecule has 3 fully saturated rings. The van der Waals surface area contributed by atoms with Gasteiger partial charge in [0.1, 0.15) is 47.6 Å². The van der Waals surface area contributed by atoms with Gasteiger partial charge in [-0.2, -0.15) is 15.2 Å². The van der Waals surface area contributed by atoms with Gasteiger partial charge in [-0.25, -0.2) is 22.0 Å². The molecule has 4 aliphatic rings. The lowest BCUT2D eigenvalue weighted by Gasteiger charge is -2.41. The minimum absolute atomic E-state index is 0.00712. The number of nitrogen functional groups attached to an aromatic ring is 1. The Morgan fingerprint density at radius 3 is 2.83 bits per heavy atom. The summed E-state index contributed by atoms with van der Waals surface area (Å²) in [5, 5.41) is 9.83. The second kappa shape index (κ2) is 11.2. The number of fused-ring (bicyclic) bond motifs is 4. The van der Waals surface area contributed by atoms with Crippen molar-refractivity contribution >= 4 is 54.7 Å². The van der Waals surface area contributed by atoms with Crippen molar-refractivity contribution in [1.82, 2.24) is 14.9 Å². The maximum Gasteiger partial charge on any atom is 0.319 e. The number of aromatic nitrogens is 2. The van der Waals surface area contributed by atoms with E-state index in [0.29, 0.717) is 25.8 Å². The first-order valence-corrected chi connectivity index (χ1v) is 16.7. The first-order chi connectivity index (χ1) is 22.6. The Hall–Kier alpha value is -3.67. The summed E-state index contributed by atoms with van der Waals surface area (Å²) in [7, 11) is 0. The van der Waals surface area contributed by atoms with E-state index >= 15 is 4.39 Å². The molecular formula is C32H28ClF5N6O2S. The molecule has 0 spiro atoms. The van der Waals surface area contributed by atoms with Crippen LogP contribution in [0.4, 0.5) is 32.8 Å². The summed E-state index contributed by atoms with van der Waals surface area (Å²) >= 11 is 7.80. The molecule has 4 aromatic rings. The van der Waals surface area contributed by atoms with Crippen LogP contribution in [0.5, 0.6) is 11.8 Å². The van der Waals surface area contributed by atoms with Crippen molar-refractivity contribution in [3.63, 3.8) is 0 Å². The second-order valence-corrected chi connectivity index (χ2v) is 14.1. The Morgan fingerprint density at radius 1 is 1.21 bits per heavy atom. The minimum atomic E-state index is -2.74. The van der Waals surface area contributed by atoms with Crippen molar-refractivity contribution in [3.05, 3.63) is 34.4 Å². The van der Waals surface area contributed by atoms with Crippen LogP contribution in [-0.4, -0.2) is 71.4 Å². The molecule has 0 bridgehead atoms. The first-order valence-electron chi connectivity index (χ1n) is 15.5. The first kappa shape index (κ1) is 30.7. The molecule has 47 heavy (non-hydrogen) atoms. The molecule has 2 aromatic carbocycles. The molecule has 0 saturated carbocycles. The highest BCUT2D eigenvalue weighted by Crippen LogP contribution is 2.52. The van der Waals surface area contributed by atoms with Crippen LogP contribution in [0.15, 0.2) is 12.1 Å². The van der Waals surface area contributed by atoms with Gasteiger partial charge in [-0.1, -0.05) is 17.7 Å². The van der Waals surface area contributed by atoms with Crippen LogP contribution in [0.3, 0.4) is 0 Å². The highest BCUT2D eigenvalue weighted by Gasteiger charge is 2.50. The van der Waals surface area contributed by atoms with Crippen LogP contribution >= 0.6 is 22.9 Å². The van der Waals surface area contributed by atoms with Gasteiger partial charge in [0.15, 0.2) is 11.6 Å². The van der Waals surface area contributed by atoms with Crippen LogP contribution < -0.4 is 20.1 Å². The van der Waals surface area contributed by atoms with E-state index in [1.54, 1.807) is 0 Å². The number of nitriles is 1. The van der Waals surface area contributed by atoms with Crippen molar-refractivity contribution in [2.24, 2.45) is 0 Å². The van der Waals surface area contributed by atoms with Crippen molar-refractivity contribution in [1.29, 1.82) is 5.26 Å². The van der Waals surface area contributed by atoms with Gasteiger partial charge in [0.25, 0.3) is 6.43 Å². The van der Waals surface area contributed by atoms with Crippen LogP contribution in [0.1, 0.15) is 44.1 Å². The quantitative estimate of drug-likeness (QED) is 0.219. The van der Waals surface area contributed by atoms with E-state index in [-0.39, 0.29) is 91.3 Å². The highest BCUT2D eigenvalue weighted by atomic mass is 35.5. The van der Waals surface area contributed by atoms with Crippen molar-refractivity contribution in [2.45, 2.75) is 68.7 Å². The van der Waals surface area contributed by atoms with Gasteiger partial charge in [-0.3, -0.25) is 4.90 Å². The molecule has 0 amide bonds. The van der Waals surface area contributed by atoms with Gasteiger partial charge in [-0.05, 0) is 50.3 Å². The third-order valence-electron chi connectivity index (χ3n) is 10.1. The lowest BCUT2D eigenvalue weighted by atomic mass is 9.94. The van der Waals surface area contributed by atoms with E-state index in [2.05, 4.69) is 9.97 Å². The van der Waals surface area contributed by atoms with Crippen LogP contribution in [-0.2, 0) is 0 Å². The van der Waals surface area contributed by atoms with Gasteiger partial charge < -0.3 is 20.1 Å². The van der Waals surface area contributed by atoms with Crippen LogP contribution in [0, 0.1) is 23.0 Å². The number of hydrogen-bond acceptors (Lipinski definition) is 9. The largest absolute Gasteiger partial charge is 0.489 e. The summed E-state index contributed by atoms with van der Waals surface area (Å²) < 4.78 is 88.0. The Balaban J connectivity index is 1.37. The van der Waals surface area contributed by atoms with Gasteiger partial charge >= 0.3 is 6.01 Å². The van der Waals surface area contributed by atoms with Crippen molar-refractivity contribution in [3.8, 4) is 29.0 Å². The molecule has 6 heterocycles. The monoisotopic (exact) mass is 690 g/mol. The second-order valence-electron chi connectivity index (χ2n) is 12.7. The Bertz CT molecular complexity index is 1990. The number of anilines is 2. The molecule has 2 unspecified atom stereocenters. The molecule has 0 radical (unpaired) electrons. The number of nitrogens with two attached hydrogens (primary N) is 1. The zero-order chi connectivity index (χ0) is 32.8. The average Bonchev–Trinajstić information content (AvgIpc) is 3.65. The Kier molecular flexibility index (Phi) is 7.31. The molecule has 4 atom stereocenters. The zero-order valence-electron chi connectivity index (χ0n) is 24.8. The van der Waals surface area contributed by atoms with E-state index < -0.39 is 41.9 Å². The van der Waals surface area contributed by atoms with E-state index in [1.165, 1.54) is 11.0 Å². The molecule has 246 valence electrons. The topological polar surface area (TPSA) is 101 Å². The number of alkyl halides is 3. The number of benzene rings is 2. The number of piperidine rings is 1. The fourth-order valence-corrected chi connectivity index (χ4v) is 9.33. The van der Waals surface area contributed by atoms with E-state index in [0.717, 1.165) is 30.4 Å². The smallest absolute Gasteiger partial charge is 0.319 e. The third kappa shape index (κ3) is 4.60. The predicted octanol–water partition coefficient (Wildman–Crippen LogP) is 7.24. The standard InChI is InChI=1S/C32H28ClF5N6O2S/c33-23-21(16-5-6-18(35)27-20(16)17(10-39)29(40)47-27)24(36)25-22-26(23)45-12-15-3-1-4-19(28(37)38)44(15)30(22)42-31(41-25)46-13-32-7-2-8-43(32)11-14(34)9-32/h5-6,14-15,19,28H,1-4,7-9,11-13,40H2/t14-,15?,19?,32+/m1/s1. The lowest BCUT2D eigenvalue weighted by Crippen LogP contribution is -2.52. The van der Waals surface area contributed by atoms with Crippen LogP contribution in [0.2, 0.25) is 5.02 Å². The summed E-state index contributed by atoms with van der Waals surface area (Å²) in [6.07, 6.45) is -0.694. The lowest BCUT2D eigenvalue weighted by molar-refractivity contribution is 0.0872. The molecule has 2 N–H and O–H groups in total. The number of nitrogens with zero attached hydrogens (tertiary/aromatic N) is 5. The minimum Gasteiger partial charge on any atom is -0.489 e. The van der Waals surface area contributed by atoms with E-state index in [4.69, 9.17) is 26.8 Å². The molecule has 4 aliphatic heterocycles. The normalized spacial score (nSPS) is 25.6. The van der Waals surface area contributed by atoms with E-state index in [1.807, 2.05) is 11.0 Å². The van der Waals surface area contributed by atoms with Crippen molar-refractivity contribution in [2.75, 3.05) is 36.9 Å². The highest BCUT2D eigenvalue weighted by molar-refractivity contribution is 7.23. The Morgan fingerprint density at radius 2 is 2.04 bits per heavy atom. The SMILES string of the molecule is N#Cc1c(N)sc2c(F)ccc(-c3c(Cl)c4c5c(nc(OC[C@@]67CCCN6C[C@H](F)C7)nc5c3F)N3C(CCCC3C(F)F)CO4)c12. The van der Waals surface area contributed by atoms with Gasteiger partial charge in [0.05, 0.1) is 38.3 Å². The number of ether oxygens (including phenoxy) is 2. The summed E-state index contributed by atoms with van der Waals surface area (Å²) in [6.45, 7) is 1.00. The maximum absolute atomic E-state index is 17.1. The number of halogens is 6. The average molecular weight is 691 g/mol. The van der Waals surface area contributed by atoms with Gasteiger partial charge in [-0.15, -0.1) is 11.3 Å². The zero-order valence-corrected chi connectivity index (χ0v) is 26.4. The molecule has 8 rings (SSSR count). The Labute approximate surface area is 274 Å². The van der Waals surface area contributed by atoms with Crippen molar-refractivity contribution < 1.29 is 31.4 Å². The molecular weight excluding hydrogens is 663 g/mol. The fraction of sp³-hybridized carbons (Fsp3) is 0.469. The molecule has 0 aliphatic carbocycles. The third-order valence-corrected chi connectivity index (χ3v) is 11.5. The fourth-order valence-electron chi connectivity index (χ4n) is 8.05.